The summed E-state index contributed by atoms with van der Waals surface area (Å²) in [7, 11) is 1.19. The van der Waals surface area contributed by atoms with E-state index in [1.807, 2.05) is 0 Å². The van der Waals surface area contributed by atoms with Gasteiger partial charge in [0.25, 0.3) is 0 Å². The van der Waals surface area contributed by atoms with Gasteiger partial charge in [0.15, 0.2) is 12.6 Å². The Morgan fingerprint density at radius 2 is 1.51 bits per heavy atom. The minimum Gasteiger partial charge on any atom is -0.466 e. The zero-order valence-corrected chi connectivity index (χ0v) is 23.2. The summed E-state index contributed by atoms with van der Waals surface area (Å²) < 4.78 is 34.1. The molecule has 15 atom stereocenters. The maximum Gasteiger partial charge on any atom is 0.333 e. The van der Waals surface area contributed by atoms with Crippen LogP contribution in [0.2, 0.25) is 0 Å². The van der Waals surface area contributed by atoms with E-state index in [1.165, 1.54) is 27.0 Å². The van der Waals surface area contributed by atoms with E-state index in [2.05, 4.69) is 0 Å². The molecule has 2 heterocycles. The summed E-state index contributed by atoms with van der Waals surface area (Å²) in [5.41, 5.74) is -1.18. The van der Waals surface area contributed by atoms with Gasteiger partial charge in [0.05, 0.1) is 32.0 Å². The van der Waals surface area contributed by atoms with Gasteiger partial charge in [0.1, 0.15) is 48.3 Å². The van der Waals surface area contributed by atoms with Gasteiger partial charge >= 0.3 is 11.9 Å². The number of methoxy groups -OCH3 is 1. The van der Waals surface area contributed by atoms with Gasteiger partial charge < -0.3 is 64.2 Å². The average molecular weight is 593 g/mol. The predicted molar refractivity (Wildman–Crippen MR) is 132 cm³/mol. The van der Waals surface area contributed by atoms with Crippen LogP contribution in [0, 0.1) is 11.8 Å². The van der Waals surface area contributed by atoms with Crippen LogP contribution in [0.4, 0.5) is 0 Å². The molecule has 2 saturated heterocycles. The van der Waals surface area contributed by atoms with Crippen LogP contribution >= 0.6 is 0 Å². The number of carbonyl (C=O) groups excluding carboxylic acids is 2. The highest BCUT2D eigenvalue weighted by molar-refractivity contribution is 5.89. The summed E-state index contributed by atoms with van der Waals surface area (Å²) in [5.74, 6) is -3.06. The number of rotatable bonds is 7. The molecule has 0 aromatic carbocycles. The molecule has 4 rings (SSSR count). The van der Waals surface area contributed by atoms with Crippen molar-refractivity contribution in [3.05, 3.63) is 11.6 Å². The first-order chi connectivity index (χ1) is 19.2. The van der Waals surface area contributed by atoms with Gasteiger partial charge in [-0.1, -0.05) is 6.08 Å². The lowest BCUT2D eigenvalue weighted by Crippen LogP contribution is -2.60. The molecule has 0 aromatic heterocycles. The number of ether oxygens (including phenoxy) is 6. The van der Waals surface area contributed by atoms with E-state index in [9.17, 15) is 45.3 Å². The SMILES string of the molecule is COC(=O)C1=CCC(OC2OC(CO)C(O)C(O)C2O)C2C1C(OC1OC(C)C(O)C(O)C1O)CC2(C)OC(C)=O. The lowest BCUT2D eigenvalue weighted by atomic mass is 9.73. The number of aliphatic hydroxyl groups is 7. The van der Waals surface area contributed by atoms with Gasteiger partial charge in [-0.25, -0.2) is 4.79 Å². The molecule has 234 valence electrons. The monoisotopic (exact) mass is 592 g/mol. The average Bonchev–Trinajstić information content (AvgIpc) is 3.21. The largest absolute Gasteiger partial charge is 0.466 e. The topological polar surface area (TPSA) is 231 Å². The highest BCUT2D eigenvalue weighted by atomic mass is 16.7. The van der Waals surface area contributed by atoms with Crippen LogP contribution in [0.15, 0.2) is 11.6 Å². The molecular formula is C26H40O15. The molecule has 0 spiro atoms. The van der Waals surface area contributed by atoms with Gasteiger partial charge in [-0.05, 0) is 20.3 Å². The molecule has 2 aliphatic heterocycles. The summed E-state index contributed by atoms with van der Waals surface area (Å²) in [6, 6.07) is 0. The van der Waals surface area contributed by atoms with Crippen molar-refractivity contribution in [3.8, 4) is 0 Å². The maximum atomic E-state index is 12.9. The number of esters is 2. The molecule has 7 N–H and O–H groups in total. The molecule has 15 nitrogen and oxygen atoms in total. The summed E-state index contributed by atoms with van der Waals surface area (Å²) in [6.07, 6.45) is -15.0. The second kappa shape index (κ2) is 12.5. The van der Waals surface area contributed by atoms with E-state index in [4.69, 9.17) is 28.4 Å². The number of hydrogen-bond acceptors (Lipinski definition) is 15. The van der Waals surface area contributed by atoms with Crippen LogP contribution in [0.3, 0.4) is 0 Å². The molecule has 0 aromatic rings. The van der Waals surface area contributed by atoms with Gasteiger partial charge in [0, 0.05) is 30.8 Å². The van der Waals surface area contributed by atoms with Crippen molar-refractivity contribution in [2.75, 3.05) is 13.7 Å². The lowest BCUT2D eigenvalue weighted by Gasteiger charge is -2.45. The Kier molecular flexibility index (Phi) is 9.77. The molecule has 1 saturated carbocycles. The number of fused-ring (bicyclic) bond motifs is 1. The van der Waals surface area contributed by atoms with Crippen LogP contribution < -0.4 is 0 Å². The second-order valence-corrected chi connectivity index (χ2v) is 11.3. The second-order valence-electron chi connectivity index (χ2n) is 11.3. The van der Waals surface area contributed by atoms with Crippen LogP contribution in [0.5, 0.6) is 0 Å². The first-order valence-electron chi connectivity index (χ1n) is 13.5. The third-order valence-electron chi connectivity index (χ3n) is 8.50. The van der Waals surface area contributed by atoms with Crippen molar-refractivity contribution in [1.82, 2.24) is 0 Å². The molecule has 41 heavy (non-hydrogen) atoms. The van der Waals surface area contributed by atoms with E-state index >= 15 is 0 Å². The summed E-state index contributed by atoms with van der Waals surface area (Å²) >= 11 is 0. The van der Waals surface area contributed by atoms with Crippen molar-refractivity contribution in [1.29, 1.82) is 0 Å². The van der Waals surface area contributed by atoms with Crippen molar-refractivity contribution < 1.29 is 73.8 Å². The van der Waals surface area contributed by atoms with Crippen molar-refractivity contribution in [2.24, 2.45) is 11.8 Å². The molecule has 0 radical (unpaired) electrons. The molecule has 0 bridgehead atoms. The van der Waals surface area contributed by atoms with Gasteiger partial charge in [-0.2, -0.15) is 0 Å². The molecule has 4 aliphatic rings. The maximum absolute atomic E-state index is 12.9. The Morgan fingerprint density at radius 1 is 0.927 bits per heavy atom. The van der Waals surface area contributed by atoms with E-state index in [0.29, 0.717) is 0 Å². The van der Waals surface area contributed by atoms with E-state index < -0.39 is 110 Å². The van der Waals surface area contributed by atoms with Gasteiger partial charge in [-0.15, -0.1) is 0 Å². The molecule has 15 unspecified atom stereocenters. The summed E-state index contributed by atoms with van der Waals surface area (Å²) in [6.45, 7) is 3.63. The fraction of sp³-hybridized carbons (Fsp3) is 0.846. The number of aliphatic hydroxyl groups excluding tert-OH is 7. The third-order valence-corrected chi connectivity index (χ3v) is 8.50. The van der Waals surface area contributed by atoms with Crippen molar-refractivity contribution in [2.45, 2.75) is 113 Å². The Hall–Kier alpha value is -1.76. The first kappa shape index (κ1) is 32.2. The van der Waals surface area contributed by atoms with Gasteiger partial charge in [-0.3, -0.25) is 4.79 Å². The van der Waals surface area contributed by atoms with Crippen LogP contribution in [0.25, 0.3) is 0 Å². The molecule has 2 aliphatic carbocycles. The number of carbonyl (C=O) groups is 2. The standard InChI is InChI=1S/C26H40O15/c1-9-17(29)19(31)21(33)24(37-9)39-13-7-26(3,41-10(2)28)16-12(6-5-11(15(13)16)23(35)36-4)38-25-22(34)20(32)18(30)14(8-27)40-25/h5,9,12-22,24-25,27,29-34H,6-8H2,1-4H3. The highest BCUT2D eigenvalue weighted by Crippen LogP contribution is 2.53. The van der Waals surface area contributed by atoms with Crippen LogP contribution in [-0.4, -0.2) is 141 Å². The molecule has 0 amide bonds. The fourth-order valence-corrected chi connectivity index (χ4v) is 6.52. The molecule has 3 fully saturated rings. The van der Waals surface area contributed by atoms with Crippen molar-refractivity contribution in [3.63, 3.8) is 0 Å². The predicted octanol–water partition coefficient (Wildman–Crippen LogP) is -3.15. The van der Waals surface area contributed by atoms with Gasteiger partial charge in [0.2, 0.25) is 0 Å². The van der Waals surface area contributed by atoms with Crippen LogP contribution in [0.1, 0.15) is 33.6 Å². The van der Waals surface area contributed by atoms with Crippen LogP contribution in [-0.2, 0) is 38.0 Å². The van der Waals surface area contributed by atoms with Crippen molar-refractivity contribution >= 4 is 11.9 Å². The normalized spacial score (nSPS) is 48.2. The summed E-state index contributed by atoms with van der Waals surface area (Å²) in [5, 5.41) is 71.5. The highest BCUT2D eigenvalue weighted by Gasteiger charge is 2.62. The minimum atomic E-state index is -1.70. The number of hydrogen-bond donors (Lipinski definition) is 7. The Balaban J connectivity index is 1.69. The zero-order valence-electron chi connectivity index (χ0n) is 23.2. The smallest absolute Gasteiger partial charge is 0.333 e. The zero-order chi connectivity index (χ0) is 30.4. The molecule has 15 heteroatoms. The van der Waals surface area contributed by atoms with E-state index in [-0.39, 0.29) is 18.4 Å². The summed E-state index contributed by atoms with van der Waals surface area (Å²) in [4.78, 5) is 25.1. The quantitative estimate of drug-likeness (QED) is 0.145. The fourth-order valence-electron chi connectivity index (χ4n) is 6.52. The Morgan fingerprint density at radius 3 is 2.10 bits per heavy atom. The lowest BCUT2D eigenvalue weighted by molar-refractivity contribution is -0.320. The van der Waals surface area contributed by atoms with E-state index in [1.54, 1.807) is 6.92 Å². The Labute approximate surface area is 236 Å². The molecular weight excluding hydrogens is 552 g/mol. The van der Waals surface area contributed by atoms with E-state index in [0.717, 1.165) is 0 Å². The minimum absolute atomic E-state index is 0.0234. The third kappa shape index (κ3) is 6.03. The Bertz CT molecular complexity index is 988. The first-order valence-corrected chi connectivity index (χ1v) is 13.5.